The van der Waals surface area contributed by atoms with Gasteiger partial charge in [-0.3, -0.25) is 4.79 Å². The summed E-state index contributed by atoms with van der Waals surface area (Å²) in [5, 5.41) is 2.92. The van der Waals surface area contributed by atoms with E-state index in [9.17, 15) is 4.79 Å². The Morgan fingerprint density at radius 2 is 2.24 bits per heavy atom. The van der Waals surface area contributed by atoms with Crippen molar-refractivity contribution in [1.29, 1.82) is 0 Å². The standard InChI is InChI=1S/C17H23NO3/c1-11-9-13(11)16(19)18-7-8-20-14-6-4-5-12-10-17(2,3)21-15(12)14/h4-6,11,13H,7-10H2,1-3H3,(H,18,19). The van der Waals surface area contributed by atoms with Gasteiger partial charge in [-0.05, 0) is 32.3 Å². The molecule has 4 nitrogen and oxygen atoms in total. The summed E-state index contributed by atoms with van der Waals surface area (Å²) in [7, 11) is 0. The SMILES string of the molecule is CC1CC1C(=O)NCCOc1cccc2c1OC(C)(C)C2. The molecular weight excluding hydrogens is 266 g/mol. The molecule has 0 aromatic heterocycles. The van der Waals surface area contributed by atoms with E-state index in [2.05, 4.69) is 32.2 Å². The van der Waals surface area contributed by atoms with E-state index in [4.69, 9.17) is 9.47 Å². The molecule has 1 amide bonds. The van der Waals surface area contributed by atoms with Crippen molar-refractivity contribution in [2.45, 2.75) is 39.2 Å². The average Bonchev–Trinajstić information content (AvgIpc) is 3.05. The van der Waals surface area contributed by atoms with Gasteiger partial charge in [0.15, 0.2) is 11.5 Å². The lowest BCUT2D eigenvalue weighted by Gasteiger charge is -2.18. The Bertz CT molecular complexity index is 553. The number of carbonyl (C=O) groups is 1. The number of carbonyl (C=O) groups excluding carboxylic acids is 1. The highest BCUT2D eigenvalue weighted by Crippen LogP contribution is 2.41. The lowest BCUT2D eigenvalue weighted by atomic mass is 10.0. The van der Waals surface area contributed by atoms with E-state index in [0.29, 0.717) is 19.1 Å². The fraction of sp³-hybridized carbons (Fsp3) is 0.588. The molecule has 2 unspecified atom stereocenters. The Kier molecular flexibility index (Phi) is 3.56. The van der Waals surface area contributed by atoms with E-state index in [1.165, 1.54) is 5.56 Å². The first-order chi connectivity index (χ1) is 9.96. The quantitative estimate of drug-likeness (QED) is 0.847. The molecular formula is C17H23NO3. The second-order valence-corrected chi connectivity index (χ2v) is 6.74. The summed E-state index contributed by atoms with van der Waals surface area (Å²) in [5.41, 5.74) is 1.02. The van der Waals surface area contributed by atoms with Crippen LogP contribution in [0.3, 0.4) is 0 Å². The van der Waals surface area contributed by atoms with Gasteiger partial charge in [0.25, 0.3) is 0 Å². The third-order valence-electron chi connectivity index (χ3n) is 4.16. The van der Waals surface area contributed by atoms with E-state index >= 15 is 0 Å². The Hall–Kier alpha value is -1.71. The number of para-hydroxylation sites is 1. The maximum atomic E-state index is 11.7. The number of amides is 1. The van der Waals surface area contributed by atoms with Crippen LogP contribution in [0.1, 0.15) is 32.8 Å². The highest BCUT2D eigenvalue weighted by Gasteiger charge is 2.38. The van der Waals surface area contributed by atoms with Crippen LogP contribution in [0.5, 0.6) is 11.5 Å². The summed E-state index contributed by atoms with van der Waals surface area (Å²) in [6.45, 7) is 7.26. The normalized spacial score (nSPS) is 24.9. The van der Waals surface area contributed by atoms with Crippen LogP contribution >= 0.6 is 0 Å². The molecule has 1 aliphatic carbocycles. The number of hydrogen-bond donors (Lipinski definition) is 1. The highest BCUT2D eigenvalue weighted by atomic mass is 16.5. The maximum Gasteiger partial charge on any atom is 0.223 e. The number of rotatable bonds is 5. The van der Waals surface area contributed by atoms with Crippen molar-refractivity contribution >= 4 is 5.91 Å². The van der Waals surface area contributed by atoms with Gasteiger partial charge in [0.05, 0.1) is 6.54 Å². The molecule has 1 fully saturated rings. The maximum absolute atomic E-state index is 11.7. The first kappa shape index (κ1) is 14.2. The monoisotopic (exact) mass is 289 g/mol. The highest BCUT2D eigenvalue weighted by molar-refractivity contribution is 5.81. The van der Waals surface area contributed by atoms with Crippen LogP contribution in [0.15, 0.2) is 18.2 Å². The van der Waals surface area contributed by atoms with E-state index in [1.54, 1.807) is 0 Å². The second-order valence-electron chi connectivity index (χ2n) is 6.74. The van der Waals surface area contributed by atoms with E-state index in [1.807, 2.05) is 12.1 Å². The Morgan fingerprint density at radius 3 is 2.95 bits per heavy atom. The van der Waals surface area contributed by atoms with Crippen molar-refractivity contribution in [1.82, 2.24) is 5.32 Å². The summed E-state index contributed by atoms with van der Waals surface area (Å²) in [4.78, 5) is 11.7. The summed E-state index contributed by atoms with van der Waals surface area (Å²) in [6, 6.07) is 5.99. The summed E-state index contributed by atoms with van der Waals surface area (Å²) in [6.07, 6.45) is 1.91. The fourth-order valence-electron chi connectivity index (χ4n) is 2.85. The molecule has 0 radical (unpaired) electrons. The molecule has 1 saturated carbocycles. The summed E-state index contributed by atoms with van der Waals surface area (Å²) in [5.74, 6) is 2.53. The molecule has 21 heavy (non-hydrogen) atoms. The molecule has 4 heteroatoms. The van der Waals surface area contributed by atoms with Crippen molar-refractivity contribution in [2.75, 3.05) is 13.2 Å². The number of fused-ring (bicyclic) bond motifs is 1. The van der Waals surface area contributed by atoms with E-state index in [-0.39, 0.29) is 17.4 Å². The zero-order chi connectivity index (χ0) is 15.0. The molecule has 1 aliphatic heterocycles. The average molecular weight is 289 g/mol. The van der Waals surface area contributed by atoms with Gasteiger partial charge < -0.3 is 14.8 Å². The Morgan fingerprint density at radius 1 is 1.48 bits per heavy atom. The molecule has 1 aromatic rings. The molecule has 114 valence electrons. The number of nitrogens with one attached hydrogen (secondary N) is 1. The zero-order valence-electron chi connectivity index (χ0n) is 12.9. The van der Waals surface area contributed by atoms with Gasteiger partial charge in [-0.1, -0.05) is 19.1 Å². The first-order valence-electron chi connectivity index (χ1n) is 7.68. The third-order valence-corrected chi connectivity index (χ3v) is 4.16. The minimum atomic E-state index is -0.169. The number of ether oxygens (including phenoxy) is 2. The fourth-order valence-corrected chi connectivity index (χ4v) is 2.85. The van der Waals surface area contributed by atoms with Gasteiger partial charge in [0, 0.05) is 17.9 Å². The van der Waals surface area contributed by atoms with Crippen LogP contribution in [0, 0.1) is 11.8 Å². The Balaban J connectivity index is 1.50. The van der Waals surface area contributed by atoms with Crippen LogP contribution < -0.4 is 14.8 Å². The van der Waals surface area contributed by atoms with Gasteiger partial charge >= 0.3 is 0 Å². The van der Waals surface area contributed by atoms with Gasteiger partial charge in [-0.2, -0.15) is 0 Å². The predicted octanol–water partition coefficient (Wildman–Crippen LogP) is 2.55. The summed E-state index contributed by atoms with van der Waals surface area (Å²) < 4.78 is 11.7. The van der Waals surface area contributed by atoms with Crippen molar-refractivity contribution < 1.29 is 14.3 Å². The number of benzene rings is 1. The first-order valence-corrected chi connectivity index (χ1v) is 7.68. The molecule has 1 heterocycles. The third kappa shape index (κ3) is 3.14. The van der Waals surface area contributed by atoms with Crippen molar-refractivity contribution in [2.24, 2.45) is 11.8 Å². The van der Waals surface area contributed by atoms with Crippen LogP contribution in [-0.2, 0) is 11.2 Å². The topological polar surface area (TPSA) is 47.6 Å². The molecule has 1 aromatic carbocycles. The van der Waals surface area contributed by atoms with E-state index in [0.717, 1.165) is 24.3 Å². The number of hydrogen-bond acceptors (Lipinski definition) is 3. The van der Waals surface area contributed by atoms with Crippen molar-refractivity contribution in [3.05, 3.63) is 23.8 Å². The van der Waals surface area contributed by atoms with Gasteiger partial charge in [-0.15, -0.1) is 0 Å². The molecule has 0 spiro atoms. The smallest absolute Gasteiger partial charge is 0.223 e. The molecule has 2 atom stereocenters. The van der Waals surface area contributed by atoms with Crippen LogP contribution in [0.2, 0.25) is 0 Å². The minimum Gasteiger partial charge on any atom is -0.488 e. The molecule has 2 aliphatic rings. The molecule has 1 N–H and O–H groups in total. The zero-order valence-corrected chi connectivity index (χ0v) is 12.9. The molecule has 0 saturated heterocycles. The van der Waals surface area contributed by atoms with Gasteiger partial charge in [0.2, 0.25) is 5.91 Å². The summed E-state index contributed by atoms with van der Waals surface area (Å²) >= 11 is 0. The lowest BCUT2D eigenvalue weighted by molar-refractivity contribution is -0.122. The van der Waals surface area contributed by atoms with Gasteiger partial charge in [0.1, 0.15) is 12.2 Å². The van der Waals surface area contributed by atoms with Crippen LogP contribution in [-0.4, -0.2) is 24.7 Å². The van der Waals surface area contributed by atoms with Crippen molar-refractivity contribution in [3.63, 3.8) is 0 Å². The van der Waals surface area contributed by atoms with Crippen molar-refractivity contribution in [3.8, 4) is 11.5 Å². The predicted molar refractivity (Wildman–Crippen MR) is 80.6 cm³/mol. The molecule has 3 rings (SSSR count). The second kappa shape index (κ2) is 5.24. The Labute approximate surface area is 125 Å². The largest absolute Gasteiger partial charge is 0.488 e. The van der Waals surface area contributed by atoms with Gasteiger partial charge in [-0.25, -0.2) is 0 Å². The van der Waals surface area contributed by atoms with E-state index < -0.39 is 0 Å². The molecule has 0 bridgehead atoms. The van der Waals surface area contributed by atoms with Crippen LogP contribution in [0.4, 0.5) is 0 Å². The van der Waals surface area contributed by atoms with Crippen LogP contribution in [0.25, 0.3) is 0 Å². The lowest BCUT2D eigenvalue weighted by Crippen LogP contribution is -2.29. The minimum absolute atomic E-state index is 0.154.